The number of ether oxygens (including phenoxy) is 2. The fourth-order valence-corrected chi connectivity index (χ4v) is 4.07. The smallest absolute Gasteiger partial charge is 0.191 e. The average Bonchev–Trinajstić information content (AvgIpc) is 2.76. The molecule has 0 atom stereocenters. The van der Waals surface area contributed by atoms with Gasteiger partial charge in [-0.1, -0.05) is 42.5 Å². The molecule has 1 heterocycles. The lowest BCUT2D eigenvalue weighted by atomic mass is 9.72. The van der Waals surface area contributed by atoms with Crippen molar-refractivity contribution in [2.24, 2.45) is 4.99 Å². The summed E-state index contributed by atoms with van der Waals surface area (Å²) in [5.41, 5.74) is 3.93. The molecule has 0 aliphatic carbocycles. The SMILES string of the molecule is CCOc1ccccc1CNC(=NC)NCC1(c2ccccc2C)CCOCC1. The number of guanidine groups is 1. The van der Waals surface area contributed by atoms with Gasteiger partial charge in [-0.3, -0.25) is 4.99 Å². The average molecular weight is 396 g/mol. The molecule has 29 heavy (non-hydrogen) atoms. The first kappa shape index (κ1) is 21.2. The highest BCUT2D eigenvalue weighted by Crippen LogP contribution is 2.36. The third-order valence-corrected chi connectivity index (χ3v) is 5.70. The van der Waals surface area contributed by atoms with Gasteiger partial charge in [0, 0.05) is 44.3 Å². The van der Waals surface area contributed by atoms with E-state index in [4.69, 9.17) is 9.47 Å². The van der Waals surface area contributed by atoms with Gasteiger partial charge in [-0.2, -0.15) is 0 Å². The molecule has 5 heteroatoms. The van der Waals surface area contributed by atoms with Crippen LogP contribution in [0.2, 0.25) is 0 Å². The number of benzene rings is 2. The van der Waals surface area contributed by atoms with Crippen LogP contribution < -0.4 is 15.4 Å². The fourth-order valence-electron chi connectivity index (χ4n) is 4.07. The van der Waals surface area contributed by atoms with E-state index in [0.717, 1.165) is 49.9 Å². The van der Waals surface area contributed by atoms with Crippen molar-refractivity contribution >= 4 is 5.96 Å². The molecule has 5 nitrogen and oxygen atoms in total. The van der Waals surface area contributed by atoms with Crippen LogP contribution in [0, 0.1) is 6.92 Å². The number of hydrogen-bond donors (Lipinski definition) is 2. The third-order valence-electron chi connectivity index (χ3n) is 5.70. The molecule has 1 fully saturated rings. The lowest BCUT2D eigenvalue weighted by Crippen LogP contribution is -2.48. The van der Waals surface area contributed by atoms with Gasteiger partial charge in [0.2, 0.25) is 0 Å². The molecule has 0 bridgehead atoms. The largest absolute Gasteiger partial charge is 0.494 e. The molecule has 0 saturated carbocycles. The number of rotatable bonds is 7. The Hall–Kier alpha value is -2.53. The van der Waals surface area contributed by atoms with Crippen molar-refractivity contribution < 1.29 is 9.47 Å². The van der Waals surface area contributed by atoms with Gasteiger partial charge >= 0.3 is 0 Å². The zero-order valence-corrected chi connectivity index (χ0v) is 17.8. The second-order valence-electron chi connectivity index (χ2n) is 7.53. The second kappa shape index (κ2) is 10.3. The summed E-state index contributed by atoms with van der Waals surface area (Å²) in [6.07, 6.45) is 2.02. The molecular formula is C24H33N3O2. The van der Waals surface area contributed by atoms with Crippen LogP contribution in [0.15, 0.2) is 53.5 Å². The van der Waals surface area contributed by atoms with Crippen LogP contribution in [0.1, 0.15) is 36.5 Å². The minimum atomic E-state index is 0.0600. The predicted molar refractivity (Wildman–Crippen MR) is 119 cm³/mol. The van der Waals surface area contributed by atoms with Crippen molar-refractivity contribution in [3.63, 3.8) is 0 Å². The zero-order valence-electron chi connectivity index (χ0n) is 17.8. The maximum atomic E-state index is 5.73. The standard InChI is InChI=1S/C24H33N3O2/c1-4-29-22-12-8-6-10-20(22)17-26-23(25-3)27-18-24(13-15-28-16-14-24)21-11-7-5-9-19(21)2/h5-12H,4,13-18H2,1-3H3,(H2,25,26,27). The van der Waals surface area contributed by atoms with Crippen LogP contribution in [0.25, 0.3) is 0 Å². The van der Waals surface area contributed by atoms with Crippen molar-refractivity contribution in [3.05, 3.63) is 65.2 Å². The zero-order chi connectivity index (χ0) is 20.5. The minimum Gasteiger partial charge on any atom is -0.494 e. The van der Waals surface area contributed by atoms with Crippen LogP contribution in [0.4, 0.5) is 0 Å². The summed E-state index contributed by atoms with van der Waals surface area (Å²) in [5, 5.41) is 7.00. The van der Waals surface area contributed by atoms with Gasteiger partial charge in [-0.15, -0.1) is 0 Å². The molecule has 2 N–H and O–H groups in total. The highest BCUT2D eigenvalue weighted by atomic mass is 16.5. The van der Waals surface area contributed by atoms with E-state index in [-0.39, 0.29) is 5.41 Å². The molecule has 0 spiro atoms. The van der Waals surface area contributed by atoms with Crippen LogP contribution in [0.3, 0.4) is 0 Å². The number of nitrogens with one attached hydrogen (secondary N) is 2. The van der Waals surface area contributed by atoms with E-state index in [2.05, 4.69) is 52.9 Å². The first-order valence-electron chi connectivity index (χ1n) is 10.5. The predicted octanol–water partition coefficient (Wildman–Crippen LogP) is 3.81. The molecule has 2 aromatic carbocycles. The lowest BCUT2D eigenvalue weighted by molar-refractivity contribution is 0.0512. The van der Waals surface area contributed by atoms with Gasteiger partial charge in [-0.25, -0.2) is 0 Å². The Morgan fingerprint density at radius 2 is 1.79 bits per heavy atom. The van der Waals surface area contributed by atoms with Crippen molar-refractivity contribution in [3.8, 4) is 5.75 Å². The van der Waals surface area contributed by atoms with E-state index in [0.29, 0.717) is 13.2 Å². The Balaban J connectivity index is 1.68. The lowest BCUT2D eigenvalue weighted by Gasteiger charge is -2.39. The molecule has 0 aromatic heterocycles. The molecule has 0 unspecified atom stereocenters. The van der Waals surface area contributed by atoms with E-state index in [1.165, 1.54) is 11.1 Å². The van der Waals surface area contributed by atoms with E-state index in [1.807, 2.05) is 32.2 Å². The normalized spacial score (nSPS) is 16.3. The molecule has 3 rings (SSSR count). The van der Waals surface area contributed by atoms with Crippen LogP contribution in [-0.2, 0) is 16.7 Å². The Morgan fingerprint density at radius 1 is 1.07 bits per heavy atom. The molecule has 156 valence electrons. The minimum absolute atomic E-state index is 0.0600. The number of para-hydroxylation sites is 1. The fraction of sp³-hybridized carbons (Fsp3) is 0.458. The number of aliphatic imine (C=N–C) groups is 1. The number of nitrogens with zero attached hydrogens (tertiary/aromatic N) is 1. The summed E-state index contributed by atoms with van der Waals surface area (Å²) >= 11 is 0. The van der Waals surface area contributed by atoms with Gasteiger partial charge in [0.1, 0.15) is 5.75 Å². The maximum Gasteiger partial charge on any atom is 0.191 e. The molecule has 0 radical (unpaired) electrons. The molecule has 1 aliphatic heterocycles. The Morgan fingerprint density at radius 3 is 2.52 bits per heavy atom. The first-order valence-corrected chi connectivity index (χ1v) is 10.5. The van der Waals surface area contributed by atoms with Crippen molar-refractivity contribution in [2.75, 3.05) is 33.4 Å². The van der Waals surface area contributed by atoms with Gasteiger partial charge in [0.25, 0.3) is 0 Å². The summed E-state index contributed by atoms with van der Waals surface area (Å²) < 4.78 is 11.4. The Labute approximate surface area is 174 Å². The summed E-state index contributed by atoms with van der Waals surface area (Å²) in [4.78, 5) is 4.43. The molecule has 2 aromatic rings. The van der Waals surface area contributed by atoms with E-state index in [1.54, 1.807) is 0 Å². The van der Waals surface area contributed by atoms with Crippen LogP contribution in [0.5, 0.6) is 5.75 Å². The molecule has 1 saturated heterocycles. The summed E-state index contributed by atoms with van der Waals surface area (Å²) in [6.45, 7) is 7.94. The number of hydrogen-bond acceptors (Lipinski definition) is 3. The van der Waals surface area contributed by atoms with Crippen LogP contribution >= 0.6 is 0 Å². The van der Waals surface area contributed by atoms with E-state index < -0.39 is 0 Å². The van der Waals surface area contributed by atoms with Crippen LogP contribution in [-0.4, -0.2) is 39.4 Å². The van der Waals surface area contributed by atoms with Gasteiger partial charge in [0.15, 0.2) is 5.96 Å². The highest BCUT2D eigenvalue weighted by Gasteiger charge is 2.35. The molecule has 0 amide bonds. The Bertz CT molecular complexity index is 813. The first-order chi connectivity index (χ1) is 14.2. The second-order valence-corrected chi connectivity index (χ2v) is 7.53. The van der Waals surface area contributed by atoms with E-state index in [9.17, 15) is 0 Å². The quantitative estimate of drug-likeness (QED) is 0.553. The topological polar surface area (TPSA) is 54.9 Å². The third kappa shape index (κ3) is 5.30. The Kier molecular flexibility index (Phi) is 7.53. The monoisotopic (exact) mass is 395 g/mol. The maximum absolute atomic E-state index is 5.73. The highest BCUT2D eigenvalue weighted by molar-refractivity contribution is 5.79. The molecule has 1 aliphatic rings. The van der Waals surface area contributed by atoms with Gasteiger partial charge in [-0.05, 0) is 43.9 Å². The summed E-state index contributed by atoms with van der Waals surface area (Å²) in [6, 6.07) is 16.8. The van der Waals surface area contributed by atoms with Gasteiger partial charge < -0.3 is 20.1 Å². The van der Waals surface area contributed by atoms with E-state index >= 15 is 0 Å². The van der Waals surface area contributed by atoms with Crippen molar-refractivity contribution in [1.29, 1.82) is 0 Å². The van der Waals surface area contributed by atoms with Gasteiger partial charge in [0.05, 0.1) is 6.61 Å². The summed E-state index contributed by atoms with van der Waals surface area (Å²) in [5.74, 6) is 1.72. The van der Waals surface area contributed by atoms with Crippen molar-refractivity contribution in [1.82, 2.24) is 10.6 Å². The number of aryl methyl sites for hydroxylation is 1. The molecular weight excluding hydrogens is 362 g/mol. The summed E-state index contributed by atoms with van der Waals surface area (Å²) in [7, 11) is 1.81. The van der Waals surface area contributed by atoms with Crippen molar-refractivity contribution in [2.45, 2.75) is 38.6 Å².